The largest absolute Gasteiger partial charge is 0.355 e. The SMILES string of the molecule is O=C(CSc1ccncc1)NCCCc1ncn[nH]1. The third kappa shape index (κ3) is 5.09. The maximum Gasteiger partial charge on any atom is 0.230 e. The number of amides is 1. The molecule has 0 atom stereocenters. The number of carbonyl (C=O) groups excluding carboxylic acids is 1. The molecule has 2 aromatic rings. The summed E-state index contributed by atoms with van der Waals surface area (Å²) in [5.74, 6) is 1.31. The van der Waals surface area contributed by atoms with Gasteiger partial charge in [-0.2, -0.15) is 5.10 Å². The van der Waals surface area contributed by atoms with Gasteiger partial charge in [0.05, 0.1) is 5.75 Å². The lowest BCUT2D eigenvalue weighted by Crippen LogP contribution is -2.26. The van der Waals surface area contributed by atoms with Crippen molar-refractivity contribution in [1.82, 2.24) is 25.5 Å². The molecule has 0 saturated carbocycles. The highest BCUT2D eigenvalue weighted by Gasteiger charge is 2.02. The van der Waals surface area contributed by atoms with E-state index in [-0.39, 0.29) is 5.91 Å². The molecule has 0 fully saturated rings. The number of rotatable bonds is 7. The molecule has 1 amide bonds. The lowest BCUT2D eigenvalue weighted by molar-refractivity contribution is -0.118. The van der Waals surface area contributed by atoms with Gasteiger partial charge in [-0.15, -0.1) is 11.8 Å². The molecule has 0 unspecified atom stereocenters. The molecule has 0 saturated heterocycles. The van der Waals surface area contributed by atoms with Gasteiger partial charge in [0.25, 0.3) is 0 Å². The Kier molecular flexibility index (Phi) is 5.36. The molecule has 0 aromatic carbocycles. The van der Waals surface area contributed by atoms with Crippen molar-refractivity contribution in [3.05, 3.63) is 36.7 Å². The first-order valence-corrected chi connectivity index (χ1v) is 6.97. The minimum absolute atomic E-state index is 0.0411. The van der Waals surface area contributed by atoms with Crippen LogP contribution in [0.2, 0.25) is 0 Å². The summed E-state index contributed by atoms with van der Waals surface area (Å²) < 4.78 is 0. The number of pyridine rings is 1. The number of nitrogens with one attached hydrogen (secondary N) is 2. The molecule has 19 heavy (non-hydrogen) atoms. The summed E-state index contributed by atoms with van der Waals surface area (Å²) in [6.45, 7) is 0.649. The fourth-order valence-corrected chi connectivity index (χ4v) is 2.18. The lowest BCUT2D eigenvalue weighted by atomic mass is 10.3. The summed E-state index contributed by atoms with van der Waals surface area (Å²) in [6, 6.07) is 3.78. The van der Waals surface area contributed by atoms with Crippen molar-refractivity contribution in [1.29, 1.82) is 0 Å². The van der Waals surface area contributed by atoms with E-state index < -0.39 is 0 Å². The van der Waals surface area contributed by atoms with Gasteiger partial charge in [0.15, 0.2) is 0 Å². The zero-order valence-electron chi connectivity index (χ0n) is 10.4. The van der Waals surface area contributed by atoms with Crippen LogP contribution in [0, 0.1) is 0 Å². The van der Waals surface area contributed by atoms with Crippen LogP contribution in [0.3, 0.4) is 0 Å². The van der Waals surface area contributed by atoms with Crippen LogP contribution in [-0.2, 0) is 11.2 Å². The Bertz CT molecular complexity index is 488. The minimum atomic E-state index is 0.0411. The smallest absolute Gasteiger partial charge is 0.230 e. The van der Waals surface area contributed by atoms with Crippen LogP contribution < -0.4 is 5.32 Å². The molecule has 6 nitrogen and oxygen atoms in total. The maximum atomic E-state index is 11.6. The highest BCUT2D eigenvalue weighted by atomic mass is 32.2. The van der Waals surface area contributed by atoms with Crippen molar-refractivity contribution in [2.45, 2.75) is 17.7 Å². The molecule has 2 N–H and O–H groups in total. The lowest BCUT2D eigenvalue weighted by Gasteiger charge is -2.04. The fraction of sp³-hybridized carbons (Fsp3) is 0.333. The molecule has 0 bridgehead atoms. The quantitative estimate of drug-likeness (QED) is 0.583. The summed E-state index contributed by atoms with van der Waals surface area (Å²) >= 11 is 1.50. The van der Waals surface area contributed by atoms with Crippen LogP contribution in [0.4, 0.5) is 0 Å². The summed E-state index contributed by atoms with van der Waals surface area (Å²) in [4.78, 5) is 20.6. The van der Waals surface area contributed by atoms with Crippen LogP contribution in [-0.4, -0.2) is 38.4 Å². The molecule has 2 heterocycles. The molecular weight excluding hydrogens is 262 g/mol. The fourth-order valence-electron chi connectivity index (χ4n) is 1.47. The van der Waals surface area contributed by atoms with Crippen LogP contribution in [0.15, 0.2) is 35.7 Å². The summed E-state index contributed by atoms with van der Waals surface area (Å²) in [5.41, 5.74) is 0. The topological polar surface area (TPSA) is 83.6 Å². The Morgan fingerprint density at radius 3 is 2.95 bits per heavy atom. The van der Waals surface area contributed by atoms with Crippen LogP contribution in [0.5, 0.6) is 0 Å². The summed E-state index contributed by atoms with van der Waals surface area (Å²) in [7, 11) is 0. The van der Waals surface area contributed by atoms with E-state index >= 15 is 0 Å². The minimum Gasteiger partial charge on any atom is -0.355 e. The number of H-pyrrole nitrogens is 1. The maximum absolute atomic E-state index is 11.6. The van der Waals surface area contributed by atoms with Gasteiger partial charge in [-0.1, -0.05) is 0 Å². The Morgan fingerprint density at radius 1 is 1.37 bits per heavy atom. The molecule has 0 spiro atoms. The van der Waals surface area contributed by atoms with Crippen molar-refractivity contribution in [3.8, 4) is 0 Å². The highest BCUT2D eigenvalue weighted by molar-refractivity contribution is 8.00. The number of hydrogen-bond acceptors (Lipinski definition) is 5. The van der Waals surface area contributed by atoms with Gasteiger partial charge in [-0.3, -0.25) is 14.9 Å². The Labute approximate surface area is 115 Å². The Hall–Kier alpha value is -1.89. The average molecular weight is 277 g/mol. The molecule has 0 aliphatic heterocycles. The number of aromatic nitrogens is 4. The predicted octanol–water partition coefficient (Wildman–Crippen LogP) is 1.04. The predicted molar refractivity (Wildman–Crippen MR) is 72.7 cm³/mol. The van der Waals surface area contributed by atoms with E-state index in [0.717, 1.165) is 23.6 Å². The van der Waals surface area contributed by atoms with Gasteiger partial charge in [-0.25, -0.2) is 4.98 Å². The van der Waals surface area contributed by atoms with Gasteiger partial charge in [-0.05, 0) is 18.6 Å². The molecular formula is C12H15N5OS. The van der Waals surface area contributed by atoms with E-state index in [0.29, 0.717) is 12.3 Å². The molecule has 0 aliphatic carbocycles. The van der Waals surface area contributed by atoms with Crippen LogP contribution in [0.1, 0.15) is 12.2 Å². The molecule has 7 heteroatoms. The number of carbonyl (C=O) groups is 1. The van der Waals surface area contributed by atoms with Gasteiger partial charge >= 0.3 is 0 Å². The zero-order chi connectivity index (χ0) is 13.3. The Balaban J connectivity index is 1.57. The van der Waals surface area contributed by atoms with Gasteiger partial charge < -0.3 is 5.32 Å². The van der Waals surface area contributed by atoms with Crippen LogP contribution >= 0.6 is 11.8 Å². The summed E-state index contributed by atoms with van der Waals surface area (Å²) in [6.07, 6.45) is 6.56. The van der Waals surface area contributed by atoms with E-state index in [1.807, 2.05) is 12.1 Å². The highest BCUT2D eigenvalue weighted by Crippen LogP contribution is 2.15. The van der Waals surface area contributed by atoms with Crippen LogP contribution in [0.25, 0.3) is 0 Å². The van der Waals surface area contributed by atoms with Gasteiger partial charge in [0.2, 0.25) is 5.91 Å². The van der Waals surface area contributed by atoms with E-state index in [1.54, 1.807) is 12.4 Å². The molecule has 0 aliphatic rings. The number of thioether (sulfide) groups is 1. The second-order valence-corrected chi connectivity index (χ2v) is 4.91. The van der Waals surface area contributed by atoms with Crippen molar-refractivity contribution in [2.75, 3.05) is 12.3 Å². The summed E-state index contributed by atoms with van der Waals surface area (Å²) in [5, 5.41) is 9.43. The van der Waals surface area contributed by atoms with E-state index in [9.17, 15) is 4.79 Å². The van der Waals surface area contributed by atoms with E-state index in [4.69, 9.17) is 0 Å². The number of aryl methyl sites for hydroxylation is 1. The van der Waals surface area contributed by atoms with Gasteiger partial charge in [0.1, 0.15) is 12.2 Å². The number of hydrogen-bond donors (Lipinski definition) is 2. The first kappa shape index (κ1) is 13.5. The normalized spacial score (nSPS) is 10.3. The third-order valence-electron chi connectivity index (χ3n) is 2.40. The third-order valence-corrected chi connectivity index (χ3v) is 3.41. The second-order valence-electron chi connectivity index (χ2n) is 3.86. The first-order valence-electron chi connectivity index (χ1n) is 5.98. The van der Waals surface area contributed by atoms with Crippen molar-refractivity contribution in [2.24, 2.45) is 0 Å². The number of aromatic amines is 1. The van der Waals surface area contributed by atoms with E-state index in [2.05, 4.69) is 25.5 Å². The van der Waals surface area contributed by atoms with Crippen molar-refractivity contribution >= 4 is 17.7 Å². The average Bonchev–Trinajstić information content (AvgIpc) is 2.96. The first-order chi connectivity index (χ1) is 9.34. The molecule has 0 radical (unpaired) electrons. The standard InChI is InChI=1S/C12H15N5OS/c18-12(8-19-10-3-6-13-7-4-10)14-5-1-2-11-15-9-16-17-11/h3-4,6-7,9H,1-2,5,8H2,(H,14,18)(H,15,16,17). The number of nitrogens with zero attached hydrogens (tertiary/aromatic N) is 3. The monoisotopic (exact) mass is 277 g/mol. The zero-order valence-corrected chi connectivity index (χ0v) is 11.2. The van der Waals surface area contributed by atoms with Gasteiger partial charge in [0, 0.05) is 30.3 Å². The second kappa shape index (κ2) is 7.52. The molecule has 2 rings (SSSR count). The molecule has 2 aromatic heterocycles. The van der Waals surface area contributed by atoms with E-state index in [1.165, 1.54) is 18.1 Å². The van der Waals surface area contributed by atoms with Crippen molar-refractivity contribution in [3.63, 3.8) is 0 Å². The Morgan fingerprint density at radius 2 is 2.21 bits per heavy atom. The van der Waals surface area contributed by atoms with Crippen molar-refractivity contribution < 1.29 is 4.79 Å². The molecule has 100 valence electrons.